The second-order valence-electron chi connectivity index (χ2n) is 8.33. The number of aromatic nitrogens is 4. The number of carbonyl (C=O) groups excluding carboxylic acids is 1. The molecule has 2 heterocycles. The molecule has 2 aromatic heterocycles. The molecular formula is C28H24N4O5. The zero-order chi connectivity index (χ0) is 25.9. The predicted molar refractivity (Wildman–Crippen MR) is 138 cm³/mol. The van der Waals surface area contributed by atoms with Crippen molar-refractivity contribution >= 4 is 16.9 Å². The van der Waals surface area contributed by atoms with Gasteiger partial charge in [-0.05, 0) is 43.2 Å². The number of hydrogen-bond donors (Lipinski definition) is 0. The summed E-state index contributed by atoms with van der Waals surface area (Å²) in [5.41, 5.74) is 1.45. The van der Waals surface area contributed by atoms with Crippen LogP contribution in [-0.4, -0.2) is 31.9 Å². The van der Waals surface area contributed by atoms with E-state index in [1.54, 1.807) is 49.4 Å². The Kier molecular flexibility index (Phi) is 6.51. The highest BCUT2D eigenvalue weighted by Gasteiger charge is 2.21. The number of esters is 1. The summed E-state index contributed by atoms with van der Waals surface area (Å²) < 4.78 is 13.0. The Bertz CT molecular complexity index is 1710. The van der Waals surface area contributed by atoms with Crippen LogP contribution in [0.4, 0.5) is 0 Å². The minimum atomic E-state index is -0.646. The molecule has 0 saturated heterocycles. The Morgan fingerprint density at radius 1 is 0.946 bits per heavy atom. The molecule has 9 nitrogen and oxygen atoms in total. The van der Waals surface area contributed by atoms with E-state index in [0.717, 1.165) is 16.6 Å². The van der Waals surface area contributed by atoms with Crippen molar-refractivity contribution in [3.63, 3.8) is 0 Å². The Hall–Kier alpha value is -4.79. The maximum Gasteiger partial charge on any atom is 0.340 e. The lowest BCUT2D eigenvalue weighted by Gasteiger charge is -2.15. The van der Waals surface area contributed by atoms with Gasteiger partial charge in [0.2, 0.25) is 11.7 Å². The number of fused-ring (bicyclic) bond motifs is 1. The Balaban J connectivity index is 1.64. The molecule has 0 N–H and O–H groups in total. The van der Waals surface area contributed by atoms with Gasteiger partial charge in [0.15, 0.2) is 0 Å². The number of nitrogens with zero attached hydrogens (tertiary/aromatic N) is 4. The smallest absolute Gasteiger partial charge is 0.340 e. The van der Waals surface area contributed by atoms with Gasteiger partial charge in [0.25, 0.3) is 5.56 Å². The maximum atomic E-state index is 13.8. The third kappa shape index (κ3) is 4.47. The standard InChI is InChI=1S/C28H24N4O5/c1-3-18-13-15-19(16-14-18)25-29-24(37-30-25)17-31-22-11-7-5-9-20(22)26(33)32(28(31)35)23-12-8-6-10-21(23)27(34)36-4-2/h5-16H,3-4,17H2,1-2H3. The fourth-order valence-corrected chi connectivity index (χ4v) is 4.20. The third-order valence-electron chi connectivity index (χ3n) is 6.07. The molecule has 0 amide bonds. The summed E-state index contributed by atoms with van der Waals surface area (Å²) >= 11 is 0. The van der Waals surface area contributed by atoms with Crippen molar-refractivity contribution in [1.82, 2.24) is 19.3 Å². The van der Waals surface area contributed by atoms with Crippen LogP contribution in [0, 0.1) is 0 Å². The van der Waals surface area contributed by atoms with Gasteiger partial charge in [-0.1, -0.05) is 60.6 Å². The summed E-state index contributed by atoms with van der Waals surface area (Å²) in [5, 5.41) is 4.37. The van der Waals surface area contributed by atoms with Crippen molar-refractivity contribution in [1.29, 1.82) is 0 Å². The van der Waals surface area contributed by atoms with Crippen LogP contribution in [0.3, 0.4) is 0 Å². The van der Waals surface area contributed by atoms with Gasteiger partial charge >= 0.3 is 11.7 Å². The summed E-state index contributed by atoms with van der Waals surface area (Å²) in [6.45, 7) is 3.85. The molecule has 186 valence electrons. The van der Waals surface area contributed by atoms with Crippen LogP contribution in [0.5, 0.6) is 0 Å². The molecule has 3 aromatic carbocycles. The van der Waals surface area contributed by atoms with Gasteiger partial charge in [-0.2, -0.15) is 4.98 Å². The number of aryl methyl sites for hydroxylation is 1. The zero-order valence-corrected chi connectivity index (χ0v) is 20.4. The second kappa shape index (κ2) is 10.1. The molecule has 0 aliphatic rings. The summed E-state index contributed by atoms with van der Waals surface area (Å²) in [5.74, 6) is -0.0265. The minimum absolute atomic E-state index is 0.0682. The average Bonchev–Trinajstić information content (AvgIpc) is 3.40. The van der Waals surface area contributed by atoms with E-state index in [1.165, 1.54) is 16.2 Å². The fourth-order valence-electron chi connectivity index (χ4n) is 4.20. The summed E-state index contributed by atoms with van der Waals surface area (Å²) in [6.07, 6.45) is 0.919. The second-order valence-corrected chi connectivity index (χ2v) is 8.33. The molecular weight excluding hydrogens is 472 g/mol. The van der Waals surface area contributed by atoms with Crippen molar-refractivity contribution < 1.29 is 14.1 Å². The first kappa shape index (κ1) is 23.9. The fraction of sp³-hybridized carbons (Fsp3) is 0.179. The van der Waals surface area contributed by atoms with E-state index in [2.05, 4.69) is 17.1 Å². The number of benzene rings is 3. The van der Waals surface area contributed by atoms with E-state index >= 15 is 0 Å². The number of para-hydroxylation sites is 2. The Morgan fingerprint density at radius 3 is 2.43 bits per heavy atom. The van der Waals surface area contributed by atoms with Crippen LogP contribution in [0.1, 0.15) is 35.7 Å². The molecule has 0 bridgehead atoms. The van der Waals surface area contributed by atoms with Gasteiger partial charge < -0.3 is 9.26 Å². The molecule has 0 saturated carbocycles. The van der Waals surface area contributed by atoms with Crippen molar-refractivity contribution in [3.05, 3.63) is 111 Å². The van der Waals surface area contributed by atoms with Crippen LogP contribution in [0.2, 0.25) is 0 Å². The van der Waals surface area contributed by atoms with Gasteiger partial charge in [-0.25, -0.2) is 14.2 Å². The van der Waals surface area contributed by atoms with Gasteiger partial charge in [0, 0.05) is 5.56 Å². The van der Waals surface area contributed by atoms with Crippen LogP contribution in [-0.2, 0) is 17.7 Å². The number of ether oxygens (including phenoxy) is 1. The lowest BCUT2D eigenvalue weighted by Crippen LogP contribution is -2.40. The molecule has 0 atom stereocenters. The summed E-state index contributed by atoms with van der Waals surface area (Å²) in [6, 6.07) is 21.0. The molecule has 0 fully saturated rings. The largest absolute Gasteiger partial charge is 0.462 e. The van der Waals surface area contributed by atoms with Gasteiger partial charge in [0.1, 0.15) is 6.54 Å². The summed E-state index contributed by atoms with van der Waals surface area (Å²) in [7, 11) is 0. The number of hydrogen-bond acceptors (Lipinski definition) is 7. The third-order valence-corrected chi connectivity index (χ3v) is 6.07. The number of rotatable bonds is 7. The normalized spacial score (nSPS) is 11.1. The van der Waals surface area contributed by atoms with E-state index in [-0.39, 0.29) is 30.3 Å². The highest BCUT2D eigenvalue weighted by molar-refractivity contribution is 5.93. The maximum absolute atomic E-state index is 13.8. The zero-order valence-electron chi connectivity index (χ0n) is 20.4. The van der Waals surface area contributed by atoms with Crippen LogP contribution >= 0.6 is 0 Å². The summed E-state index contributed by atoms with van der Waals surface area (Å²) in [4.78, 5) is 44.3. The van der Waals surface area contributed by atoms with Crippen molar-refractivity contribution in [3.8, 4) is 17.1 Å². The van der Waals surface area contributed by atoms with E-state index in [9.17, 15) is 14.4 Å². The molecule has 0 aliphatic carbocycles. The van der Waals surface area contributed by atoms with E-state index < -0.39 is 17.2 Å². The van der Waals surface area contributed by atoms with Crippen LogP contribution < -0.4 is 11.2 Å². The molecule has 0 radical (unpaired) electrons. The van der Waals surface area contributed by atoms with Crippen molar-refractivity contribution in [2.75, 3.05) is 6.61 Å². The topological polar surface area (TPSA) is 109 Å². The molecule has 0 spiro atoms. The molecule has 37 heavy (non-hydrogen) atoms. The predicted octanol–water partition coefficient (Wildman–Crippen LogP) is 3.99. The van der Waals surface area contributed by atoms with Gasteiger partial charge in [0.05, 0.1) is 28.8 Å². The lowest BCUT2D eigenvalue weighted by molar-refractivity contribution is 0.0526. The minimum Gasteiger partial charge on any atom is -0.462 e. The molecule has 5 rings (SSSR count). The van der Waals surface area contributed by atoms with Crippen LogP contribution in [0.25, 0.3) is 28.0 Å². The van der Waals surface area contributed by atoms with Gasteiger partial charge in [-0.15, -0.1) is 0 Å². The van der Waals surface area contributed by atoms with Crippen LogP contribution in [0.15, 0.2) is 86.9 Å². The SMILES string of the molecule is CCOC(=O)c1ccccc1-n1c(=O)c2ccccc2n(Cc2nc(-c3ccc(CC)cc3)no2)c1=O. The molecule has 0 aliphatic heterocycles. The van der Waals surface area contributed by atoms with Gasteiger partial charge in [-0.3, -0.25) is 9.36 Å². The lowest BCUT2D eigenvalue weighted by atomic mass is 10.1. The van der Waals surface area contributed by atoms with E-state index in [0.29, 0.717) is 16.7 Å². The molecule has 9 heteroatoms. The van der Waals surface area contributed by atoms with Crippen molar-refractivity contribution in [2.45, 2.75) is 26.8 Å². The molecule has 5 aromatic rings. The monoisotopic (exact) mass is 496 g/mol. The first-order valence-corrected chi connectivity index (χ1v) is 11.9. The van der Waals surface area contributed by atoms with E-state index in [1.807, 2.05) is 24.3 Å². The first-order valence-electron chi connectivity index (χ1n) is 11.9. The van der Waals surface area contributed by atoms with E-state index in [4.69, 9.17) is 9.26 Å². The average molecular weight is 497 g/mol. The number of carbonyl (C=O) groups is 1. The van der Waals surface area contributed by atoms with Crippen molar-refractivity contribution in [2.24, 2.45) is 0 Å². The quantitative estimate of drug-likeness (QED) is 0.313. The molecule has 0 unspecified atom stereocenters. The highest BCUT2D eigenvalue weighted by Crippen LogP contribution is 2.19. The first-order chi connectivity index (χ1) is 18.0. The highest BCUT2D eigenvalue weighted by atomic mass is 16.5. The Labute approximate surface area is 211 Å². The Morgan fingerprint density at radius 2 is 1.68 bits per heavy atom.